The van der Waals surface area contributed by atoms with Crippen LogP contribution in [0.3, 0.4) is 0 Å². The largest absolute Gasteiger partial charge is 0.466 e. The van der Waals surface area contributed by atoms with E-state index in [9.17, 15) is 22.8 Å². The third-order valence-corrected chi connectivity index (χ3v) is 9.09. The first kappa shape index (κ1) is 26.9. The standard InChI is InChI=1S/C29H27ClN2O6S/c1-2-38-29(35)21-8-6-14-31(18-21)27(33)20-12-13-26-24(16-20)32(17-19-7-5-9-22(30)15-19)28(34)23-10-3-4-11-25(23)39(26,36)37/h3-5,7,9-13,15-16,21H,2,6,8,14,17-18H2,1H3/t21-/m1/s1. The van der Waals surface area contributed by atoms with Crippen molar-refractivity contribution in [3.05, 3.63) is 88.4 Å². The van der Waals surface area contributed by atoms with E-state index in [1.165, 1.54) is 35.2 Å². The van der Waals surface area contributed by atoms with Crippen molar-refractivity contribution in [1.29, 1.82) is 0 Å². The van der Waals surface area contributed by atoms with Gasteiger partial charge in [-0.15, -0.1) is 0 Å². The van der Waals surface area contributed by atoms with Crippen LogP contribution in [-0.4, -0.2) is 50.8 Å². The lowest BCUT2D eigenvalue weighted by Gasteiger charge is -2.32. The van der Waals surface area contributed by atoms with Crippen LogP contribution >= 0.6 is 11.6 Å². The third-order valence-electron chi connectivity index (χ3n) is 7.00. The van der Waals surface area contributed by atoms with Crippen LogP contribution in [0.25, 0.3) is 0 Å². The summed E-state index contributed by atoms with van der Waals surface area (Å²) in [6.07, 6.45) is 1.27. The van der Waals surface area contributed by atoms with Crippen molar-refractivity contribution >= 4 is 44.9 Å². The molecule has 5 rings (SSSR count). The van der Waals surface area contributed by atoms with Crippen molar-refractivity contribution in [2.75, 3.05) is 24.6 Å². The minimum absolute atomic E-state index is 0.0442. The summed E-state index contributed by atoms with van der Waals surface area (Å²) in [6.45, 7) is 2.72. The fourth-order valence-corrected chi connectivity index (χ4v) is 6.96. The second kappa shape index (κ2) is 10.8. The van der Waals surface area contributed by atoms with Gasteiger partial charge in [0.05, 0.1) is 40.1 Å². The van der Waals surface area contributed by atoms with E-state index in [0.717, 1.165) is 0 Å². The van der Waals surface area contributed by atoms with Crippen LogP contribution < -0.4 is 4.90 Å². The molecule has 2 aliphatic heterocycles. The van der Waals surface area contributed by atoms with Crippen LogP contribution in [-0.2, 0) is 25.9 Å². The molecule has 0 radical (unpaired) electrons. The van der Waals surface area contributed by atoms with Crippen LogP contribution in [0.1, 0.15) is 46.0 Å². The van der Waals surface area contributed by atoms with E-state index >= 15 is 0 Å². The normalized spacial score (nSPS) is 18.1. The predicted octanol–water partition coefficient (Wildman–Crippen LogP) is 4.75. The van der Waals surface area contributed by atoms with Gasteiger partial charge >= 0.3 is 5.97 Å². The molecule has 0 unspecified atom stereocenters. The van der Waals surface area contributed by atoms with E-state index in [-0.39, 0.29) is 58.2 Å². The van der Waals surface area contributed by atoms with Crippen LogP contribution in [0.15, 0.2) is 76.5 Å². The fourth-order valence-electron chi connectivity index (χ4n) is 5.11. The van der Waals surface area contributed by atoms with Crippen LogP contribution in [0, 0.1) is 5.92 Å². The average Bonchev–Trinajstić information content (AvgIpc) is 3.01. The van der Waals surface area contributed by atoms with Gasteiger partial charge in [0.2, 0.25) is 9.84 Å². The van der Waals surface area contributed by atoms with Crippen molar-refractivity contribution in [3.8, 4) is 0 Å². The lowest BCUT2D eigenvalue weighted by Crippen LogP contribution is -2.43. The Kier molecular flexibility index (Phi) is 7.46. The molecular formula is C29H27ClN2O6S. The van der Waals surface area contributed by atoms with E-state index in [1.807, 2.05) is 0 Å². The van der Waals surface area contributed by atoms with E-state index in [1.54, 1.807) is 48.2 Å². The zero-order valence-corrected chi connectivity index (χ0v) is 22.9. The van der Waals surface area contributed by atoms with Gasteiger partial charge in [-0.2, -0.15) is 0 Å². The maximum absolute atomic E-state index is 13.8. The summed E-state index contributed by atoms with van der Waals surface area (Å²) in [6, 6.07) is 17.4. The van der Waals surface area contributed by atoms with Gasteiger partial charge in [0.1, 0.15) is 0 Å². The average molecular weight is 567 g/mol. The molecule has 2 amide bonds. The highest BCUT2D eigenvalue weighted by Crippen LogP contribution is 2.38. The molecule has 1 atom stereocenters. The zero-order chi connectivity index (χ0) is 27.7. The number of carbonyl (C=O) groups is 3. The summed E-state index contributed by atoms with van der Waals surface area (Å²) in [5.41, 5.74) is 1.09. The number of rotatable bonds is 5. The van der Waals surface area contributed by atoms with E-state index in [2.05, 4.69) is 0 Å². The number of nitrogens with zero attached hydrogens (tertiary/aromatic N) is 2. The van der Waals surface area contributed by atoms with Crippen molar-refractivity contribution in [1.82, 2.24) is 4.90 Å². The van der Waals surface area contributed by atoms with Gasteiger partial charge in [0.15, 0.2) is 0 Å². The minimum Gasteiger partial charge on any atom is -0.466 e. The molecule has 0 saturated carbocycles. The summed E-state index contributed by atoms with van der Waals surface area (Å²) < 4.78 is 32.6. The Bertz CT molecular complexity index is 1570. The van der Waals surface area contributed by atoms with Crippen molar-refractivity contribution in [2.24, 2.45) is 5.92 Å². The lowest BCUT2D eigenvalue weighted by molar-refractivity contribution is -0.149. The first-order chi connectivity index (χ1) is 18.7. The number of benzene rings is 3. The Morgan fingerprint density at radius 3 is 2.59 bits per heavy atom. The number of fused-ring (bicyclic) bond motifs is 2. The zero-order valence-electron chi connectivity index (χ0n) is 21.3. The Balaban J connectivity index is 1.58. The van der Waals surface area contributed by atoms with Crippen LogP contribution in [0.5, 0.6) is 0 Å². The van der Waals surface area contributed by atoms with Crippen molar-refractivity contribution < 1.29 is 27.5 Å². The molecule has 0 spiro atoms. The quantitative estimate of drug-likeness (QED) is 0.413. The molecule has 0 N–H and O–H groups in total. The molecule has 3 aromatic carbocycles. The molecule has 2 heterocycles. The van der Waals surface area contributed by atoms with Crippen molar-refractivity contribution in [2.45, 2.75) is 36.1 Å². The number of halogens is 1. The summed E-state index contributed by atoms with van der Waals surface area (Å²) in [4.78, 5) is 42.5. The monoisotopic (exact) mass is 566 g/mol. The summed E-state index contributed by atoms with van der Waals surface area (Å²) in [5, 5.41) is 0.480. The number of anilines is 1. The van der Waals surface area contributed by atoms with Gasteiger partial charge in [0, 0.05) is 23.7 Å². The molecule has 39 heavy (non-hydrogen) atoms. The smallest absolute Gasteiger partial charge is 0.310 e. The summed E-state index contributed by atoms with van der Waals surface area (Å²) >= 11 is 6.18. The van der Waals surface area contributed by atoms with Gasteiger partial charge in [-0.1, -0.05) is 35.9 Å². The van der Waals surface area contributed by atoms with E-state index in [0.29, 0.717) is 30.0 Å². The van der Waals surface area contributed by atoms with Gasteiger partial charge < -0.3 is 14.5 Å². The molecule has 10 heteroatoms. The molecule has 1 saturated heterocycles. The molecule has 0 aromatic heterocycles. The topological polar surface area (TPSA) is 101 Å². The number of likely N-dealkylation sites (tertiary alicyclic amines) is 1. The molecule has 0 aliphatic carbocycles. The number of hydrogen-bond acceptors (Lipinski definition) is 6. The SMILES string of the molecule is CCOC(=O)[C@@H]1CCCN(C(=O)c2ccc3c(c2)N(Cc2cccc(Cl)c2)C(=O)c2ccccc2S3(=O)=O)C1. The van der Waals surface area contributed by atoms with Gasteiger partial charge in [-0.05, 0) is 67.8 Å². The number of ether oxygens (including phenoxy) is 1. The predicted molar refractivity (Wildman–Crippen MR) is 146 cm³/mol. The Morgan fingerprint density at radius 1 is 1.03 bits per heavy atom. The van der Waals surface area contributed by atoms with Gasteiger partial charge in [0.25, 0.3) is 11.8 Å². The first-order valence-corrected chi connectivity index (χ1v) is 14.6. The Labute approximate surface area is 232 Å². The number of esters is 1. The number of amides is 2. The maximum Gasteiger partial charge on any atom is 0.310 e. The second-order valence-corrected chi connectivity index (χ2v) is 11.9. The molecule has 0 bridgehead atoms. The third kappa shape index (κ3) is 5.16. The Morgan fingerprint density at radius 2 is 1.82 bits per heavy atom. The highest BCUT2D eigenvalue weighted by molar-refractivity contribution is 7.91. The Hall–Kier alpha value is -3.69. The molecule has 8 nitrogen and oxygen atoms in total. The van der Waals surface area contributed by atoms with E-state index < -0.39 is 21.7 Å². The highest BCUT2D eigenvalue weighted by Gasteiger charge is 2.37. The molecule has 3 aromatic rings. The molecule has 202 valence electrons. The molecular weight excluding hydrogens is 540 g/mol. The van der Waals surface area contributed by atoms with Gasteiger partial charge in [-0.25, -0.2) is 8.42 Å². The summed E-state index contributed by atoms with van der Waals surface area (Å²) in [5.74, 6) is -1.60. The van der Waals surface area contributed by atoms with Crippen molar-refractivity contribution in [3.63, 3.8) is 0 Å². The number of hydrogen-bond donors (Lipinski definition) is 0. The summed E-state index contributed by atoms with van der Waals surface area (Å²) in [7, 11) is -4.07. The number of sulfone groups is 1. The number of piperidine rings is 1. The molecule has 1 fully saturated rings. The molecule has 2 aliphatic rings. The first-order valence-electron chi connectivity index (χ1n) is 12.7. The second-order valence-electron chi connectivity index (χ2n) is 9.55. The van der Waals surface area contributed by atoms with Crippen LogP contribution in [0.4, 0.5) is 5.69 Å². The highest BCUT2D eigenvalue weighted by atomic mass is 35.5. The fraction of sp³-hybridized carbons (Fsp3) is 0.276. The maximum atomic E-state index is 13.8. The van der Waals surface area contributed by atoms with Crippen LogP contribution in [0.2, 0.25) is 5.02 Å². The number of carbonyl (C=O) groups excluding carboxylic acids is 3. The van der Waals surface area contributed by atoms with E-state index in [4.69, 9.17) is 16.3 Å². The minimum atomic E-state index is -4.07. The van der Waals surface area contributed by atoms with Gasteiger partial charge in [-0.3, -0.25) is 14.4 Å². The lowest BCUT2D eigenvalue weighted by atomic mass is 9.97.